The molecule has 0 saturated heterocycles. The molecule has 0 N–H and O–H groups in total. The van der Waals surface area contributed by atoms with Crippen molar-refractivity contribution in [2.45, 2.75) is 4.90 Å². The van der Waals surface area contributed by atoms with Crippen molar-refractivity contribution in [3.63, 3.8) is 0 Å². The zero-order chi connectivity index (χ0) is 17.8. The molecule has 25 heavy (non-hydrogen) atoms. The van der Waals surface area contributed by atoms with Gasteiger partial charge in [-0.2, -0.15) is 0 Å². The van der Waals surface area contributed by atoms with Crippen LogP contribution in [0, 0.1) is 4.84 Å². The van der Waals surface area contributed by atoms with E-state index in [-0.39, 0.29) is 27.0 Å². The number of rotatable bonds is 1. The predicted octanol–water partition coefficient (Wildman–Crippen LogP) is 2.36. The van der Waals surface area contributed by atoms with E-state index in [9.17, 15) is 13.2 Å². The Balaban J connectivity index is 2.15. The van der Waals surface area contributed by atoms with Gasteiger partial charge in [0.25, 0.3) is 20.4 Å². The summed E-state index contributed by atoms with van der Waals surface area (Å²) in [5, 5.41) is 0. The van der Waals surface area contributed by atoms with Gasteiger partial charge in [-0.3, -0.25) is 9.10 Å². The van der Waals surface area contributed by atoms with Crippen molar-refractivity contribution >= 4 is 27.9 Å². The molecule has 9 heteroatoms. The van der Waals surface area contributed by atoms with E-state index in [0.29, 0.717) is 5.56 Å². The van der Waals surface area contributed by atoms with Gasteiger partial charge in [0, 0.05) is 18.8 Å². The molecule has 0 unspecified atom stereocenters. The van der Waals surface area contributed by atoms with Gasteiger partial charge in [0.15, 0.2) is 11.4 Å². The van der Waals surface area contributed by atoms with Gasteiger partial charge in [-0.25, -0.2) is 18.0 Å². The van der Waals surface area contributed by atoms with E-state index in [2.05, 4.69) is 4.98 Å². The average molecular weight is 373 g/mol. The number of aromatic nitrogens is 2. The molecule has 1 aromatic carbocycles. The summed E-state index contributed by atoms with van der Waals surface area (Å²) in [6.07, 6.45) is 1.51. The minimum Gasteiger partial charge on any atom is -0.428 e. The van der Waals surface area contributed by atoms with Crippen molar-refractivity contribution in [3.8, 4) is 17.1 Å². The Morgan fingerprint density at radius 1 is 1.12 bits per heavy atom. The van der Waals surface area contributed by atoms with E-state index in [0.717, 1.165) is 8.87 Å². The molecule has 0 aliphatic carbocycles. The van der Waals surface area contributed by atoms with Crippen molar-refractivity contribution in [1.82, 2.24) is 9.55 Å². The summed E-state index contributed by atoms with van der Waals surface area (Å²) in [7, 11) is -2.55. The van der Waals surface area contributed by atoms with Crippen LogP contribution in [0.1, 0.15) is 0 Å². The maximum absolute atomic E-state index is 13.0. The number of hydrogen-bond donors (Lipinski definition) is 0. The largest absolute Gasteiger partial charge is 0.428 e. The molecule has 2 aromatic heterocycles. The minimum absolute atomic E-state index is 0.0677. The topological polar surface area (TPSA) is 85.4 Å². The van der Waals surface area contributed by atoms with E-state index in [1.807, 2.05) is 0 Å². The number of anilines is 1. The van der Waals surface area contributed by atoms with Gasteiger partial charge in [-0.1, -0.05) is 18.2 Å². The second-order valence-electron chi connectivity index (χ2n) is 5.34. The fraction of sp³-hybridized carbons (Fsp3) is 0.0625. The molecular formula is C16H11N3O4S2. The molecule has 126 valence electrons. The van der Waals surface area contributed by atoms with Gasteiger partial charge in [-0.05, 0) is 36.5 Å². The van der Waals surface area contributed by atoms with Crippen LogP contribution >= 0.6 is 12.2 Å². The van der Waals surface area contributed by atoms with Crippen LogP contribution in [0.4, 0.5) is 5.69 Å². The normalized spacial score (nSPS) is 14.7. The van der Waals surface area contributed by atoms with E-state index >= 15 is 0 Å². The number of hydrogen-bond acceptors (Lipinski definition) is 6. The highest BCUT2D eigenvalue weighted by molar-refractivity contribution is 7.93. The number of sulfonamides is 1. The summed E-state index contributed by atoms with van der Waals surface area (Å²) in [6, 6.07) is 11.3. The summed E-state index contributed by atoms with van der Waals surface area (Å²) < 4.78 is 33.2. The first-order valence-corrected chi connectivity index (χ1v) is 9.07. The molecule has 3 aromatic rings. The Morgan fingerprint density at radius 2 is 1.84 bits per heavy atom. The number of pyridine rings is 1. The van der Waals surface area contributed by atoms with Gasteiger partial charge in [-0.15, -0.1) is 0 Å². The molecule has 1 aliphatic heterocycles. The van der Waals surface area contributed by atoms with Crippen LogP contribution in [0.5, 0.6) is 0 Å². The van der Waals surface area contributed by atoms with Crippen molar-refractivity contribution in [3.05, 3.63) is 63.9 Å². The number of fused-ring (bicyclic) bond motifs is 3. The van der Waals surface area contributed by atoms with E-state index in [1.165, 1.54) is 19.3 Å². The van der Waals surface area contributed by atoms with Crippen LogP contribution < -0.4 is 9.86 Å². The molecule has 0 atom stereocenters. The minimum atomic E-state index is -3.86. The molecule has 0 amide bonds. The fourth-order valence-corrected chi connectivity index (χ4v) is 4.40. The van der Waals surface area contributed by atoms with Crippen LogP contribution in [-0.2, 0) is 10.0 Å². The molecule has 0 bridgehead atoms. The zero-order valence-corrected chi connectivity index (χ0v) is 14.5. The van der Waals surface area contributed by atoms with Crippen LogP contribution in [-0.4, -0.2) is 25.0 Å². The number of nitrogens with zero attached hydrogens (tertiary/aromatic N) is 3. The van der Waals surface area contributed by atoms with Gasteiger partial charge >= 0.3 is 0 Å². The lowest BCUT2D eigenvalue weighted by molar-refractivity contribution is 0.495. The molecule has 0 radical (unpaired) electrons. The third-order valence-corrected chi connectivity index (χ3v) is 6.04. The fourth-order valence-electron chi connectivity index (χ4n) is 2.76. The van der Waals surface area contributed by atoms with Crippen molar-refractivity contribution in [2.24, 2.45) is 0 Å². The first-order chi connectivity index (χ1) is 11.9. The third kappa shape index (κ3) is 2.16. The van der Waals surface area contributed by atoms with Crippen LogP contribution in [0.15, 0.2) is 62.8 Å². The molecule has 7 nitrogen and oxygen atoms in total. The first-order valence-electron chi connectivity index (χ1n) is 7.23. The molecule has 0 fully saturated rings. The lowest BCUT2D eigenvalue weighted by atomic mass is 10.1. The quantitative estimate of drug-likeness (QED) is 0.609. The SMILES string of the molecule is CN1c2c(oc(=S)n(-c3ccccn3)c2=O)-c2ccccc2S1(=O)=O. The zero-order valence-electron chi connectivity index (χ0n) is 12.9. The molecular weight excluding hydrogens is 362 g/mol. The smallest absolute Gasteiger partial charge is 0.288 e. The van der Waals surface area contributed by atoms with Gasteiger partial charge < -0.3 is 4.42 Å². The lowest BCUT2D eigenvalue weighted by Gasteiger charge is -2.27. The second-order valence-corrected chi connectivity index (χ2v) is 7.63. The van der Waals surface area contributed by atoms with Crippen LogP contribution in [0.25, 0.3) is 17.1 Å². The highest BCUT2D eigenvalue weighted by atomic mass is 32.2. The Kier molecular flexibility index (Phi) is 3.37. The second kappa shape index (κ2) is 5.36. The molecule has 0 spiro atoms. The highest BCUT2D eigenvalue weighted by Crippen LogP contribution is 2.40. The molecule has 3 heterocycles. The van der Waals surface area contributed by atoms with E-state index in [4.69, 9.17) is 16.6 Å². The van der Waals surface area contributed by atoms with Crippen LogP contribution in [0.3, 0.4) is 0 Å². The lowest BCUT2D eigenvalue weighted by Crippen LogP contribution is -2.37. The maximum Gasteiger partial charge on any atom is 0.288 e. The van der Waals surface area contributed by atoms with Gasteiger partial charge in [0.1, 0.15) is 5.82 Å². The van der Waals surface area contributed by atoms with Crippen molar-refractivity contribution in [2.75, 3.05) is 11.4 Å². The molecule has 4 rings (SSSR count). The van der Waals surface area contributed by atoms with Gasteiger partial charge in [0.05, 0.1) is 4.90 Å². The third-order valence-electron chi connectivity index (χ3n) is 3.96. The summed E-state index contributed by atoms with van der Waals surface area (Å²) >= 11 is 5.22. The Morgan fingerprint density at radius 3 is 2.56 bits per heavy atom. The molecule has 1 aliphatic rings. The summed E-state index contributed by atoms with van der Waals surface area (Å²) in [5.41, 5.74) is -0.393. The summed E-state index contributed by atoms with van der Waals surface area (Å²) in [5.74, 6) is 0.392. The Hall–Kier alpha value is -2.78. The predicted molar refractivity (Wildman–Crippen MR) is 94.0 cm³/mol. The summed E-state index contributed by atoms with van der Waals surface area (Å²) in [4.78, 5) is 17.1. The standard InChI is InChI=1S/C16H11N3O4S2/c1-18-13-14(10-6-2-3-7-11(10)25(18,21)22)23-16(24)19(15(13)20)12-8-4-5-9-17-12/h2-9H,1H3. The first kappa shape index (κ1) is 15.7. The van der Waals surface area contributed by atoms with Gasteiger partial charge in [0.2, 0.25) is 0 Å². The van der Waals surface area contributed by atoms with Crippen molar-refractivity contribution < 1.29 is 12.8 Å². The van der Waals surface area contributed by atoms with E-state index < -0.39 is 15.6 Å². The Labute approximate surface area is 147 Å². The Bertz CT molecular complexity index is 1210. The van der Waals surface area contributed by atoms with Crippen LogP contribution in [0.2, 0.25) is 0 Å². The average Bonchev–Trinajstić information content (AvgIpc) is 2.61. The van der Waals surface area contributed by atoms with Crippen molar-refractivity contribution in [1.29, 1.82) is 0 Å². The highest BCUT2D eigenvalue weighted by Gasteiger charge is 2.37. The maximum atomic E-state index is 13.0. The molecule has 0 saturated carbocycles. The van der Waals surface area contributed by atoms with E-state index in [1.54, 1.807) is 36.4 Å². The number of benzene rings is 1. The monoisotopic (exact) mass is 373 g/mol. The summed E-state index contributed by atoms with van der Waals surface area (Å²) in [6.45, 7) is 0.